The summed E-state index contributed by atoms with van der Waals surface area (Å²) in [5, 5.41) is 3.27. The summed E-state index contributed by atoms with van der Waals surface area (Å²) < 4.78 is 52.7. The number of alkyl halides is 2. The van der Waals surface area contributed by atoms with Crippen molar-refractivity contribution in [1.29, 1.82) is 0 Å². The molecule has 1 saturated heterocycles. The third-order valence-corrected chi connectivity index (χ3v) is 4.64. The standard InChI is InChI=1S/C13H17F2NO3S/c14-13(15)20(17,18)12-5-3-11(4-6-12)16-10-2-1-8-19-9-7-10/h3-6,10,13,16H,1-2,7-9H2. The average Bonchev–Trinajstić information content (AvgIpc) is 2.68. The zero-order valence-corrected chi connectivity index (χ0v) is 11.7. The predicted octanol–water partition coefficient (Wildman–Crippen LogP) is 2.66. The third-order valence-electron chi connectivity index (χ3n) is 3.24. The Hall–Kier alpha value is -1.21. The van der Waals surface area contributed by atoms with E-state index in [1.165, 1.54) is 24.3 Å². The van der Waals surface area contributed by atoms with Crippen LogP contribution in [0.3, 0.4) is 0 Å². The summed E-state index contributed by atoms with van der Waals surface area (Å²) in [6.45, 7) is 1.44. The van der Waals surface area contributed by atoms with Gasteiger partial charge in [-0.15, -0.1) is 0 Å². The molecule has 1 aliphatic rings. The van der Waals surface area contributed by atoms with Gasteiger partial charge in [0.25, 0.3) is 0 Å². The number of ether oxygens (including phenoxy) is 1. The van der Waals surface area contributed by atoms with Gasteiger partial charge in [0.15, 0.2) is 0 Å². The molecule has 0 amide bonds. The third kappa shape index (κ3) is 3.67. The second-order valence-corrected chi connectivity index (χ2v) is 6.63. The van der Waals surface area contributed by atoms with Crippen LogP contribution in [-0.4, -0.2) is 33.4 Å². The van der Waals surface area contributed by atoms with E-state index in [1.807, 2.05) is 0 Å². The lowest BCUT2D eigenvalue weighted by molar-refractivity contribution is 0.144. The van der Waals surface area contributed by atoms with Gasteiger partial charge in [-0.2, -0.15) is 8.78 Å². The van der Waals surface area contributed by atoms with Crippen molar-refractivity contribution in [3.05, 3.63) is 24.3 Å². The molecule has 0 radical (unpaired) electrons. The Morgan fingerprint density at radius 3 is 2.50 bits per heavy atom. The van der Waals surface area contributed by atoms with E-state index >= 15 is 0 Å². The van der Waals surface area contributed by atoms with Crippen molar-refractivity contribution in [1.82, 2.24) is 0 Å². The zero-order valence-electron chi connectivity index (χ0n) is 10.9. The number of rotatable bonds is 4. The number of anilines is 1. The highest BCUT2D eigenvalue weighted by molar-refractivity contribution is 7.91. The molecule has 112 valence electrons. The molecule has 0 bridgehead atoms. The van der Waals surface area contributed by atoms with Crippen LogP contribution >= 0.6 is 0 Å². The van der Waals surface area contributed by atoms with E-state index < -0.39 is 15.6 Å². The molecule has 1 fully saturated rings. The fourth-order valence-corrected chi connectivity index (χ4v) is 2.85. The van der Waals surface area contributed by atoms with E-state index in [0.717, 1.165) is 31.6 Å². The minimum absolute atomic E-state index is 0.259. The monoisotopic (exact) mass is 305 g/mol. The lowest BCUT2D eigenvalue weighted by Gasteiger charge is -2.17. The van der Waals surface area contributed by atoms with Gasteiger partial charge >= 0.3 is 5.76 Å². The molecule has 2 rings (SSSR count). The smallest absolute Gasteiger partial charge is 0.341 e. The highest BCUT2D eigenvalue weighted by atomic mass is 32.2. The molecule has 1 unspecified atom stereocenters. The molecule has 0 saturated carbocycles. The van der Waals surface area contributed by atoms with Gasteiger partial charge < -0.3 is 10.1 Å². The number of nitrogens with one attached hydrogen (secondary N) is 1. The molecule has 4 nitrogen and oxygen atoms in total. The van der Waals surface area contributed by atoms with Crippen LogP contribution in [0.5, 0.6) is 0 Å². The van der Waals surface area contributed by atoms with E-state index in [-0.39, 0.29) is 10.9 Å². The van der Waals surface area contributed by atoms with Gasteiger partial charge in [0.05, 0.1) is 4.90 Å². The minimum atomic E-state index is -4.51. The predicted molar refractivity (Wildman–Crippen MR) is 71.7 cm³/mol. The quantitative estimate of drug-likeness (QED) is 0.929. The van der Waals surface area contributed by atoms with Crippen molar-refractivity contribution in [3.8, 4) is 0 Å². The molecule has 1 aliphatic heterocycles. The first-order chi connectivity index (χ1) is 9.50. The van der Waals surface area contributed by atoms with Gasteiger partial charge in [-0.1, -0.05) is 0 Å². The molecule has 1 aromatic rings. The summed E-state index contributed by atoms with van der Waals surface area (Å²) in [5.74, 6) is -3.39. The van der Waals surface area contributed by atoms with Crippen molar-refractivity contribution in [2.75, 3.05) is 18.5 Å². The Kier molecular flexibility index (Phi) is 4.93. The number of hydrogen-bond donors (Lipinski definition) is 1. The molecule has 20 heavy (non-hydrogen) atoms. The number of halogens is 2. The van der Waals surface area contributed by atoms with Crippen molar-refractivity contribution in [2.45, 2.75) is 36.0 Å². The Balaban J connectivity index is 2.05. The van der Waals surface area contributed by atoms with Crippen LogP contribution in [-0.2, 0) is 14.6 Å². The normalized spacial score (nSPS) is 20.6. The zero-order chi connectivity index (χ0) is 14.6. The molecule has 7 heteroatoms. The van der Waals surface area contributed by atoms with Crippen LogP contribution in [0.1, 0.15) is 19.3 Å². The molecule has 1 atom stereocenters. The van der Waals surface area contributed by atoms with E-state index in [4.69, 9.17) is 4.74 Å². The van der Waals surface area contributed by atoms with Gasteiger partial charge in [-0.05, 0) is 43.5 Å². The molecule has 0 spiro atoms. The lowest BCUT2D eigenvalue weighted by atomic mass is 10.1. The summed E-state index contributed by atoms with van der Waals surface area (Å²) in [7, 11) is -4.51. The highest BCUT2D eigenvalue weighted by Crippen LogP contribution is 2.21. The fourth-order valence-electron chi connectivity index (χ4n) is 2.13. The number of hydrogen-bond acceptors (Lipinski definition) is 4. The van der Waals surface area contributed by atoms with Gasteiger partial charge in [0, 0.05) is 24.9 Å². The van der Waals surface area contributed by atoms with Gasteiger partial charge in [0.1, 0.15) is 0 Å². The van der Waals surface area contributed by atoms with E-state index in [1.54, 1.807) is 0 Å². The summed E-state index contributed by atoms with van der Waals surface area (Å²) in [6, 6.07) is 5.70. The van der Waals surface area contributed by atoms with Crippen LogP contribution in [0.2, 0.25) is 0 Å². The Labute approximate surface area is 117 Å². The SMILES string of the molecule is O=S(=O)(c1ccc(NC2CCCOCC2)cc1)C(F)F. The molecule has 1 N–H and O–H groups in total. The molecular weight excluding hydrogens is 288 g/mol. The van der Waals surface area contributed by atoms with Gasteiger partial charge in [-0.25, -0.2) is 8.42 Å². The number of sulfone groups is 1. The maximum atomic E-state index is 12.4. The topological polar surface area (TPSA) is 55.4 Å². The maximum absolute atomic E-state index is 12.4. The van der Waals surface area contributed by atoms with E-state index in [2.05, 4.69) is 5.32 Å². The van der Waals surface area contributed by atoms with Crippen LogP contribution in [0, 0.1) is 0 Å². The molecule has 0 aromatic heterocycles. The van der Waals surface area contributed by atoms with E-state index in [0.29, 0.717) is 6.61 Å². The van der Waals surface area contributed by atoms with Crippen molar-refractivity contribution >= 4 is 15.5 Å². The fraction of sp³-hybridized carbons (Fsp3) is 0.538. The molecule has 1 aromatic carbocycles. The Bertz CT molecular complexity index is 523. The second kappa shape index (κ2) is 6.49. The molecule has 0 aliphatic carbocycles. The summed E-state index contributed by atoms with van der Waals surface area (Å²) in [5.41, 5.74) is 0.727. The largest absolute Gasteiger partial charge is 0.382 e. The second-order valence-electron chi connectivity index (χ2n) is 4.71. The first-order valence-electron chi connectivity index (χ1n) is 6.46. The first-order valence-corrected chi connectivity index (χ1v) is 8.01. The van der Waals surface area contributed by atoms with Gasteiger partial charge in [-0.3, -0.25) is 0 Å². The number of benzene rings is 1. The van der Waals surface area contributed by atoms with Crippen molar-refractivity contribution in [3.63, 3.8) is 0 Å². The van der Waals surface area contributed by atoms with Crippen LogP contribution in [0.15, 0.2) is 29.2 Å². The van der Waals surface area contributed by atoms with Crippen molar-refractivity contribution in [2.24, 2.45) is 0 Å². The maximum Gasteiger partial charge on any atom is 0.341 e. The first kappa shape index (κ1) is 15.2. The average molecular weight is 305 g/mol. The Morgan fingerprint density at radius 2 is 1.85 bits per heavy atom. The molecule has 1 heterocycles. The highest BCUT2D eigenvalue weighted by Gasteiger charge is 2.26. The summed E-state index contributed by atoms with van der Waals surface area (Å²) in [4.78, 5) is -0.359. The minimum Gasteiger partial charge on any atom is -0.382 e. The molecular formula is C13H17F2NO3S. The summed E-state index contributed by atoms with van der Waals surface area (Å²) >= 11 is 0. The van der Waals surface area contributed by atoms with Crippen LogP contribution < -0.4 is 5.32 Å². The lowest BCUT2D eigenvalue weighted by Crippen LogP contribution is -2.19. The Morgan fingerprint density at radius 1 is 1.15 bits per heavy atom. The van der Waals surface area contributed by atoms with Gasteiger partial charge in [0.2, 0.25) is 9.84 Å². The van der Waals surface area contributed by atoms with Crippen molar-refractivity contribution < 1.29 is 21.9 Å². The van der Waals surface area contributed by atoms with Crippen LogP contribution in [0.25, 0.3) is 0 Å². The van der Waals surface area contributed by atoms with E-state index in [9.17, 15) is 17.2 Å². The summed E-state index contributed by atoms with van der Waals surface area (Å²) in [6.07, 6.45) is 2.81. The van der Waals surface area contributed by atoms with Crippen LogP contribution in [0.4, 0.5) is 14.5 Å².